The summed E-state index contributed by atoms with van der Waals surface area (Å²) in [6, 6.07) is 8.15. The van der Waals surface area contributed by atoms with Gasteiger partial charge >= 0.3 is 5.97 Å². The molecule has 0 amide bonds. The van der Waals surface area contributed by atoms with Gasteiger partial charge in [0.05, 0.1) is 6.42 Å². The third-order valence-corrected chi connectivity index (χ3v) is 3.94. The van der Waals surface area contributed by atoms with Crippen LogP contribution in [0, 0.1) is 0 Å². The van der Waals surface area contributed by atoms with Gasteiger partial charge in [-0.1, -0.05) is 25.1 Å². The second-order valence-electron chi connectivity index (χ2n) is 4.00. The van der Waals surface area contributed by atoms with Crippen molar-refractivity contribution in [3.8, 4) is 0 Å². The molecular formula is C12H14O2S. The van der Waals surface area contributed by atoms with Crippen LogP contribution in [0.2, 0.25) is 0 Å². The highest BCUT2D eigenvalue weighted by Crippen LogP contribution is 2.42. The van der Waals surface area contributed by atoms with E-state index in [1.54, 1.807) is 0 Å². The zero-order valence-corrected chi connectivity index (χ0v) is 9.46. The Bertz CT molecular complexity index is 376. The monoisotopic (exact) mass is 222 g/mol. The van der Waals surface area contributed by atoms with Gasteiger partial charge in [0.2, 0.25) is 0 Å². The number of hydrogen-bond acceptors (Lipinski definition) is 2. The predicted octanol–water partition coefficient (Wildman–Crippen LogP) is 3.13. The van der Waals surface area contributed by atoms with E-state index >= 15 is 0 Å². The molecule has 15 heavy (non-hydrogen) atoms. The fourth-order valence-corrected chi connectivity index (χ4v) is 3.41. The van der Waals surface area contributed by atoms with Crippen LogP contribution in [0.15, 0.2) is 29.2 Å². The Hall–Kier alpha value is -0.960. The van der Waals surface area contributed by atoms with E-state index in [0.717, 1.165) is 6.42 Å². The lowest BCUT2D eigenvalue weighted by Crippen LogP contribution is -2.16. The van der Waals surface area contributed by atoms with Gasteiger partial charge in [0, 0.05) is 10.1 Å². The van der Waals surface area contributed by atoms with Crippen molar-refractivity contribution in [2.24, 2.45) is 0 Å². The number of carboxylic acid groups (broad SMARTS) is 1. The number of benzene rings is 1. The van der Waals surface area contributed by atoms with Crippen LogP contribution in [0.5, 0.6) is 0 Å². The van der Waals surface area contributed by atoms with Gasteiger partial charge in [0.15, 0.2) is 0 Å². The number of carbonyl (C=O) groups is 1. The quantitative estimate of drug-likeness (QED) is 0.835. The van der Waals surface area contributed by atoms with Crippen molar-refractivity contribution in [1.29, 1.82) is 0 Å². The van der Waals surface area contributed by atoms with Crippen molar-refractivity contribution in [3.63, 3.8) is 0 Å². The van der Waals surface area contributed by atoms with Crippen molar-refractivity contribution in [2.75, 3.05) is 0 Å². The van der Waals surface area contributed by atoms with Crippen LogP contribution in [0.4, 0.5) is 0 Å². The van der Waals surface area contributed by atoms with Gasteiger partial charge in [0.25, 0.3) is 0 Å². The molecule has 0 saturated heterocycles. The molecule has 1 aliphatic rings. The normalized spacial score (nSPS) is 24.6. The van der Waals surface area contributed by atoms with Gasteiger partial charge in [0.1, 0.15) is 0 Å². The summed E-state index contributed by atoms with van der Waals surface area (Å²) >= 11 is 1.85. The van der Waals surface area contributed by atoms with Crippen molar-refractivity contribution >= 4 is 17.7 Å². The standard InChI is InChI=1S/C12H14O2S/c1-8-6-9(7-12(13)14)10-4-2-3-5-11(10)15-8/h2-5,8-9H,6-7H2,1H3,(H,13,14). The molecule has 1 aromatic carbocycles. The molecule has 3 heteroatoms. The van der Waals surface area contributed by atoms with E-state index in [2.05, 4.69) is 19.1 Å². The van der Waals surface area contributed by atoms with Crippen LogP contribution in [0.1, 0.15) is 31.2 Å². The molecule has 1 heterocycles. The maximum Gasteiger partial charge on any atom is 0.303 e. The fraction of sp³-hybridized carbons (Fsp3) is 0.417. The van der Waals surface area contributed by atoms with Crippen LogP contribution >= 0.6 is 11.8 Å². The smallest absolute Gasteiger partial charge is 0.303 e. The number of carboxylic acids is 1. The van der Waals surface area contributed by atoms with Crippen LogP contribution in [-0.2, 0) is 4.79 Å². The van der Waals surface area contributed by atoms with E-state index in [-0.39, 0.29) is 12.3 Å². The summed E-state index contributed by atoms with van der Waals surface area (Å²) in [5.41, 5.74) is 1.21. The van der Waals surface area contributed by atoms with Gasteiger partial charge in [-0.3, -0.25) is 4.79 Å². The van der Waals surface area contributed by atoms with Crippen LogP contribution < -0.4 is 0 Å². The Morgan fingerprint density at radius 2 is 2.27 bits per heavy atom. The van der Waals surface area contributed by atoms with Crippen LogP contribution in [0.25, 0.3) is 0 Å². The Labute approximate surface area is 93.7 Å². The molecule has 0 bridgehead atoms. The summed E-state index contributed by atoms with van der Waals surface area (Å²) in [5, 5.41) is 9.39. The SMILES string of the molecule is CC1CC(CC(=O)O)c2ccccc2S1. The molecule has 1 aromatic rings. The molecule has 2 nitrogen and oxygen atoms in total. The second-order valence-corrected chi connectivity index (χ2v) is 5.48. The summed E-state index contributed by atoms with van der Waals surface area (Å²) in [4.78, 5) is 12.0. The van der Waals surface area contributed by atoms with E-state index in [1.807, 2.05) is 23.9 Å². The minimum Gasteiger partial charge on any atom is -0.481 e. The highest BCUT2D eigenvalue weighted by Gasteiger charge is 2.26. The number of thioether (sulfide) groups is 1. The van der Waals surface area contributed by atoms with Gasteiger partial charge in [-0.05, 0) is 24.0 Å². The Balaban J connectivity index is 2.29. The molecule has 2 rings (SSSR count). The summed E-state index contributed by atoms with van der Waals surface area (Å²) in [5.74, 6) is -0.510. The second kappa shape index (κ2) is 4.27. The molecule has 0 fully saturated rings. The maximum atomic E-state index is 10.8. The van der Waals surface area contributed by atoms with Gasteiger partial charge in [-0.2, -0.15) is 0 Å². The lowest BCUT2D eigenvalue weighted by atomic mass is 9.91. The van der Waals surface area contributed by atoms with Crippen LogP contribution in [-0.4, -0.2) is 16.3 Å². The summed E-state index contributed by atoms with van der Waals surface area (Å²) in [7, 11) is 0. The first-order valence-electron chi connectivity index (χ1n) is 5.14. The Morgan fingerprint density at radius 3 is 3.00 bits per heavy atom. The molecule has 0 spiro atoms. The average Bonchev–Trinajstić information content (AvgIpc) is 2.16. The topological polar surface area (TPSA) is 37.3 Å². The highest BCUT2D eigenvalue weighted by atomic mass is 32.2. The fourth-order valence-electron chi connectivity index (χ4n) is 2.12. The minimum absolute atomic E-state index is 0.190. The van der Waals surface area contributed by atoms with Gasteiger partial charge < -0.3 is 5.11 Å². The number of fused-ring (bicyclic) bond motifs is 1. The number of aliphatic carboxylic acids is 1. The van der Waals surface area contributed by atoms with Crippen molar-refractivity contribution in [2.45, 2.75) is 35.8 Å². The van der Waals surface area contributed by atoms with Crippen molar-refractivity contribution in [3.05, 3.63) is 29.8 Å². The van der Waals surface area contributed by atoms with Gasteiger partial charge in [-0.25, -0.2) is 0 Å². The first kappa shape index (κ1) is 10.6. The lowest BCUT2D eigenvalue weighted by molar-refractivity contribution is -0.137. The summed E-state index contributed by atoms with van der Waals surface area (Å²) < 4.78 is 0. The third kappa shape index (κ3) is 2.34. The van der Waals surface area contributed by atoms with E-state index in [1.165, 1.54) is 10.5 Å². The highest BCUT2D eigenvalue weighted by molar-refractivity contribution is 8.00. The molecule has 0 aliphatic carbocycles. The molecular weight excluding hydrogens is 208 g/mol. The molecule has 0 saturated carbocycles. The average molecular weight is 222 g/mol. The zero-order chi connectivity index (χ0) is 10.8. The molecule has 1 aliphatic heterocycles. The predicted molar refractivity (Wildman–Crippen MR) is 61.4 cm³/mol. The Kier molecular flexibility index (Phi) is 3.00. The molecule has 0 radical (unpaired) electrons. The molecule has 2 unspecified atom stereocenters. The van der Waals surface area contributed by atoms with E-state index in [4.69, 9.17) is 5.11 Å². The van der Waals surface area contributed by atoms with Crippen LogP contribution in [0.3, 0.4) is 0 Å². The van der Waals surface area contributed by atoms with E-state index < -0.39 is 5.97 Å². The molecule has 80 valence electrons. The summed E-state index contributed by atoms with van der Waals surface area (Å²) in [6.45, 7) is 2.16. The summed E-state index contributed by atoms with van der Waals surface area (Å²) in [6.07, 6.45) is 1.22. The first-order valence-corrected chi connectivity index (χ1v) is 6.02. The molecule has 2 atom stereocenters. The largest absolute Gasteiger partial charge is 0.481 e. The Morgan fingerprint density at radius 1 is 1.53 bits per heavy atom. The van der Waals surface area contributed by atoms with Crippen molar-refractivity contribution in [1.82, 2.24) is 0 Å². The van der Waals surface area contributed by atoms with E-state index in [9.17, 15) is 4.79 Å². The number of rotatable bonds is 2. The maximum absolute atomic E-state index is 10.8. The van der Waals surface area contributed by atoms with Gasteiger partial charge in [-0.15, -0.1) is 11.8 Å². The zero-order valence-electron chi connectivity index (χ0n) is 8.64. The first-order chi connectivity index (χ1) is 7.16. The number of hydrogen-bond donors (Lipinski definition) is 1. The van der Waals surface area contributed by atoms with Crippen molar-refractivity contribution < 1.29 is 9.90 Å². The van der Waals surface area contributed by atoms with E-state index in [0.29, 0.717) is 5.25 Å². The minimum atomic E-state index is -0.700. The lowest BCUT2D eigenvalue weighted by Gasteiger charge is -2.28. The third-order valence-electron chi connectivity index (χ3n) is 2.72. The molecule has 0 aromatic heterocycles. The molecule has 1 N–H and O–H groups in total.